The molecule has 0 saturated carbocycles. The smallest absolute Gasteiger partial charge is 0.326 e. The van der Waals surface area contributed by atoms with Crippen LogP contribution in [0.25, 0.3) is 11.5 Å². The number of aromatic nitrogens is 6. The zero-order valence-electron chi connectivity index (χ0n) is 13.4. The quantitative estimate of drug-likeness (QED) is 0.635. The van der Waals surface area contributed by atoms with Crippen molar-refractivity contribution < 1.29 is 4.79 Å². The van der Waals surface area contributed by atoms with Gasteiger partial charge in [0.25, 0.3) is 0 Å². The average Bonchev–Trinajstić information content (AvgIpc) is 3.27. The molecule has 3 N–H and O–H groups in total. The van der Waals surface area contributed by atoms with Crippen molar-refractivity contribution in [1.82, 2.24) is 29.9 Å². The fraction of sp³-hybridized carbons (Fsp3) is 0.357. The Morgan fingerprint density at radius 1 is 1.38 bits per heavy atom. The highest BCUT2D eigenvalue weighted by molar-refractivity contribution is 7.15. The van der Waals surface area contributed by atoms with Crippen molar-refractivity contribution in [2.24, 2.45) is 7.05 Å². The van der Waals surface area contributed by atoms with Crippen LogP contribution in [0.4, 0.5) is 15.7 Å². The van der Waals surface area contributed by atoms with Gasteiger partial charge in [-0.2, -0.15) is 5.10 Å². The molecule has 126 valence electrons. The Labute approximate surface area is 142 Å². The summed E-state index contributed by atoms with van der Waals surface area (Å²) in [5.41, 5.74) is 0.718. The summed E-state index contributed by atoms with van der Waals surface area (Å²) in [6.45, 7) is 2.12. The molecule has 0 saturated heterocycles. The van der Waals surface area contributed by atoms with Gasteiger partial charge in [-0.3, -0.25) is 15.7 Å². The number of hydrogen-bond acceptors (Lipinski definition) is 6. The number of hydrogen-bond donors (Lipinski definition) is 3. The summed E-state index contributed by atoms with van der Waals surface area (Å²) in [4.78, 5) is 16.2. The molecule has 3 heterocycles. The first-order chi connectivity index (χ1) is 11.7. The number of imidazole rings is 1. The van der Waals surface area contributed by atoms with Crippen LogP contribution in [0.15, 0.2) is 18.5 Å². The number of urea groups is 1. The second-order valence-corrected chi connectivity index (χ2v) is 6.27. The summed E-state index contributed by atoms with van der Waals surface area (Å²) in [5, 5.41) is 21.6. The SMILES string of the molecule is CCCCc1nnc(NC(=O)Nc2cc(-c3nccn3C)[nH]n2)s1. The third kappa shape index (κ3) is 3.77. The minimum Gasteiger partial charge on any atom is -0.333 e. The van der Waals surface area contributed by atoms with Gasteiger partial charge in [-0.25, -0.2) is 9.78 Å². The minimum atomic E-state index is -0.411. The van der Waals surface area contributed by atoms with E-state index in [0.29, 0.717) is 10.9 Å². The molecule has 0 fully saturated rings. The van der Waals surface area contributed by atoms with Gasteiger partial charge < -0.3 is 4.57 Å². The molecule has 2 amide bonds. The van der Waals surface area contributed by atoms with Gasteiger partial charge in [0.1, 0.15) is 10.7 Å². The number of aryl methyl sites for hydroxylation is 2. The molecular weight excluding hydrogens is 328 g/mol. The van der Waals surface area contributed by atoms with E-state index in [1.807, 2.05) is 17.8 Å². The van der Waals surface area contributed by atoms with Gasteiger partial charge in [0.05, 0.1) is 0 Å². The number of rotatable bonds is 6. The van der Waals surface area contributed by atoms with E-state index in [2.05, 4.69) is 42.9 Å². The number of H-pyrrole nitrogens is 1. The van der Waals surface area contributed by atoms with Gasteiger partial charge in [0, 0.05) is 31.9 Å². The first-order valence-corrected chi connectivity index (χ1v) is 8.41. The highest BCUT2D eigenvalue weighted by atomic mass is 32.1. The van der Waals surface area contributed by atoms with Gasteiger partial charge in [-0.1, -0.05) is 24.7 Å². The van der Waals surface area contributed by atoms with Gasteiger partial charge in [0.15, 0.2) is 11.6 Å². The largest absolute Gasteiger partial charge is 0.333 e. The van der Waals surface area contributed by atoms with E-state index in [4.69, 9.17) is 0 Å². The second kappa shape index (κ2) is 7.21. The molecule has 0 aliphatic rings. The standard InChI is InChI=1S/C14H18N8OS/c1-3-4-5-11-20-21-14(24-11)17-13(23)16-10-8-9(18-19-10)12-15-6-7-22(12)2/h6-8H,3-5H2,1-2H3,(H3,16,17,18,19,21,23). The predicted octanol–water partition coefficient (Wildman–Crippen LogP) is 2.65. The van der Waals surface area contributed by atoms with Crippen LogP contribution in [0, 0.1) is 0 Å². The van der Waals surface area contributed by atoms with Gasteiger partial charge in [0.2, 0.25) is 5.13 Å². The summed E-state index contributed by atoms with van der Waals surface area (Å²) < 4.78 is 1.86. The first kappa shape index (κ1) is 16.1. The van der Waals surface area contributed by atoms with Crippen molar-refractivity contribution in [3.05, 3.63) is 23.5 Å². The lowest BCUT2D eigenvalue weighted by Crippen LogP contribution is -2.19. The van der Waals surface area contributed by atoms with Gasteiger partial charge in [-0.05, 0) is 6.42 Å². The molecule has 0 aromatic carbocycles. The number of aromatic amines is 1. The van der Waals surface area contributed by atoms with Crippen LogP contribution in [0.1, 0.15) is 24.8 Å². The van der Waals surface area contributed by atoms with Crippen LogP contribution >= 0.6 is 11.3 Å². The zero-order valence-corrected chi connectivity index (χ0v) is 14.2. The lowest BCUT2D eigenvalue weighted by Gasteiger charge is -2.00. The van der Waals surface area contributed by atoms with Crippen molar-refractivity contribution in [3.8, 4) is 11.5 Å². The van der Waals surface area contributed by atoms with Crippen LogP contribution < -0.4 is 10.6 Å². The Hall–Kier alpha value is -2.75. The molecule has 9 nitrogen and oxygen atoms in total. The van der Waals surface area contributed by atoms with E-state index < -0.39 is 6.03 Å². The normalized spacial score (nSPS) is 10.8. The Morgan fingerprint density at radius 2 is 2.25 bits per heavy atom. The van der Waals surface area contributed by atoms with E-state index in [1.165, 1.54) is 11.3 Å². The van der Waals surface area contributed by atoms with Crippen molar-refractivity contribution in [2.45, 2.75) is 26.2 Å². The van der Waals surface area contributed by atoms with E-state index in [1.54, 1.807) is 12.3 Å². The van der Waals surface area contributed by atoms with E-state index in [-0.39, 0.29) is 0 Å². The molecule has 0 unspecified atom stereocenters. The number of nitrogens with zero attached hydrogens (tertiary/aromatic N) is 5. The molecule has 0 atom stereocenters. The molecule has 0 bridgehead atoms. The molecule has 0 radical (unpaired) electrons. The van der Waals surface area contributed by atoms with Gasteiger partial charge >= 0.3 is 6.03 Å². The van der Waals surface area contributed by atoms with Crippen molar-refractivity contribution in [1.29, 1.82) is 0 Å². The molecule has 3 aromatic heterocycles. The van der Waals surface area contributed by atoms with Crippen LogP contribution in [0.2, 0.25) is 0 Å². The number of anilines is 2. The first-order valence-electron chi connectivity index (χ1n) is 7.59. The Balaban J connectivity index is 1.58. The zero-order chi connectivity index (χ0) is 16.9. The summed E-state index contributed by atoms with van der Waals surface area (Å²) in [6, 6.07) is 1.31. The summed E-state index contributed by atoms with van der Waals surface area (Å²) in [6.07, 6.45) is 6.57. The van der Waals surface area contributed by atoms with Gasteiger partial charge in [-0.15, -0.1) is 10.2 Å². The van der Waals surface area contributed by atoms with Crippen LogP contribution in [0.3, 0.4) is 0 Å². The fourth-order valence-corrected chi connectivity index (χ4v) is 2.88. The van der Waals surface area contributed by atoms with Crippen molar-refractivity contribution in [3.63, 3.8) is 0 Å². The van der Waals surface area contributed by atoms with Crippen molar-refractivity contribution in [2.75, 3.05) is 10.6 Å². The predicted molar refractivity (Wildman–Crippen MR) is 92.0 cm³/mol. The highest BCUT2D eigenvalue weighted by Crippen LogP contribution is 2.19. The molecule has 3 aromatic rings. The number of amides is 2. The maximum atomic E-state index is 12.0. The molecule has 3 rings (SSSR count). The van der Waals surface area contributed by atoms with Crippen LogP contribution in [-0.4, -0.2) is 36.0 Å². The summed E-state index contributed by atoms with van der Waals surface area (Å²) in [5.74, 6) is 1.14. The number of unbranched alkanes of at least 4 members (excludes halogenated alkanes) is 1. The molecule has 10 heteroatoms. The lowest BCUT2D eigenvalue weighted by atomic mass is 10.3. The summed E-state index contributed by atoms with van der Waals surface area (Å²) >= 11 is 1.38. The maximum Gasteiger partial charge on any atom is 0.326 e. The molecule has 0 aliphatic heterocycles. The third-order valence-corrected chi connectivity index (χ3v) is 4.21. The second-order valence-electron chi connectivity index (χ2n) is 5.21. The van der Waals surface area contributed by atoms with Crippen LogP contribution in [0.5, 0.6) is 0 Å². The maximum absolute atomic E-state index is 12.0. The van der Waals surface area contributed by atoms with E-state index in [0.717, 1.165) is 35.8 Å². The monoisotopic (exact) mass is 346 g/mol. The van der Waals surface area contributed by atoms with E-state index in [9.17, 15) is 4.79 Å². The highest BCUT2D eigenvalue weighted by Gasteiger charge is 2.12. The Kier molecular flexibility index (Phi) is 4.85. The number of carbonyl (C=O) groups excluding carboxylic acids is 1. The average molecular weight is 346 g/mol. The fourth-order valence-electron chi connectivity index (χ4n) is 2.10. The third-order valence-electron chi connectivity index (χ3n) is 3.31. The Morgan fingerprint density at radius 3 is 3.00 bits per heavy atom. The molecule has 24 heavy (non-hydrogen) atoms. The lowest BCUT2D eigenvalue weighted by molar-refractivity contribution is 0.262. The minimum absolute atomic E-state index is 0.404. The molecular formula is C14H18N8OS. The van der Waals surface area contributed by atoms with Crippen LogP contribution in [-0.2, 0) is 13.5 Å². The molecule has 0 spiro atoms. The topological polar surface area (TPSA) is 113 Å². The number of nitrogens with one attached hydrogen (secondary N) is 3. The molecule has 0 aliphatic carbocycles. The summed E-state index contributed by atoms with van der Waals surface area (Å²) in [7, 11) is 1.88. The van der Waals surface area contributed by atoms with Crippen molar-refractivity contribution >= 4 is 28.3 Å². The number of carbonyl (C=O) groups is 1. The van der Waals surface area contributed by atoms with E-state index >= 15 is 0 Å². The Bertz CT molecular complexity index is 820.